The number of amides is 1. The lowest BCUT2D eigenvalue weighted by molar-refractivity contribution is -0.158. The maximum absolute atomic E-state index is 12.7. The smallest absolute Gasteiger partial charge is 0.329 e. The number of hydrogen-bond donors (Lipinski definition) is 2. The summed E-state index contributed by atoms with van der Waals surface area (Å²) in [5.74, 6) is -0.0138. The molecule has 8 heteroatoms. The second-order valence-electron chi connectivity index (χ2n) is 9.48. The Bertz CT molecular complexity index is 692. The van der Waals surface area contributed by atoms with Crippen molar-refractivity contribution in [2.75, 3.05) is 33.0 Å². The molecular formula is C24H40N2O6. The number of ether oxygens (including phenoxy) is 4. The SMILES string of the molecule is CC(C)(C)OC(=O)C(Cc1ccc(OC(C)(C)C)cc1)NC(=O)CCOCCOCCN. The standard InChI is InChI=1S/C24H40N2O6/c1-23(2,3)31-19-9-7-18(8-10-19)17-20(22(28)32-24(4,5)6)26-21(27)11-13-29-15-16-30-14-12-25/h7-10,20H,11-17,25H2,1-6H3,(H,26,27). The van der Waals surface area contributed by atoms with Crippen molar-refractivity contribution in [3.05, 3.63) is 29.8 Å². The highest BCUT2D eigenvalue weighted by molar-refractivity contribution is 5.85. The van der Waals surface area contributed by atoms with Crippen LogP contribution in [-0.2, 0) is 30.2 Å². The summed E-state index contributed by atoms with van der Waals surface area (Å²) in [6.07, 6.45) is 0.443. The van der Waals surface area contributed by atoms with E-state index in [1.165, 1.54) is 0 Å². The van der Waals surface area contributed by atoms with Crippen LogP contribution in [0.15, 0.2) is 24.3 Å². The van der Waals surface area contributed by atoms with Crippen LogP contribution in [0.4, 0.5) is 0 Å². The van der Waals surface area contributed by atoms with Crippen molar-refractivity contribution in [1.29, 1.82) is 0 Å². The van der Waals surface area contributed by atoms with Gasteiger partial charge in [0.05, 0.1) is 26.4 Å². The lowest BCUT2D eigenvalue weighted by Gasteiger charge is -2.25. The fourth-order valence-corrected chi connectivity index (χ4v) is 2.69. The first-order chi connectivity index (χ1) is 14.9. The number of nitrogens with two attached hydrogens (primary N) is 1. The van der Waals surface area contributed by atoms with Gasteiger partial charge in [0, 0.05) is 19.4 Å². The van der Waals surface area contributed by atoms with Gasteiger partial charge in [0.25, 0.3) is 0 Å². The molecule has 0 bridgehead atoms. The summed E-state index contributed by atoms with van der Waals surface area (Å²) < 4.78 is 21.9. The molecule has 1 amide bonds. The van der Waals surface area contributed by atoms with E-state index < -0.39 is 17.6 Å². The van der Waals surface area contributed by atoms with E-state index in [-0.39, 0.29) is 24.5 Å². The molecule has 0 spiro atoms. The summed E-state index contributed by atoms with van der Waals surface area (Å²) in [5, 5.41) is 2.78. The molecule has 0 aliphatic heterocycles. The van der Waals surface area contributed by atoms with Crippen molar-refractivity contribution in [3.63, 3.8) is 0 Å². The molecule has 0 saturated heterocycles. The summed E-state index contributed by atoms with van der Waals surface area (Å²) in [6.45, 7) is 13.3. The minimum Gasteiger partial charge on any atom is -0.488 e. The third-order valence-electron chi connectivity index (χ3n) is 3.92. The van der Waals surface area contributed by atoms with E-state index in [0.717, 1.165) is 11.3 Å². The fraction of sp³-hybridized carbons (Fsp3) is 0.667. The molecule has 0 fully saturated rings. The molecule has 0 aliphatic rings. The molecule has 8 nitrogen and oxygen atoms in total. The van der Waals surface area contributed by atoms with E-state index >= 15 is 0 Å². The monoisotopic (exact) mass is 452 g/mol. The van der Waals surface area contributed by atoms with E-state index in [1.807, 2.05) is 45.0 Å². The van der Waals surface area contributed by atoms with Crippen molar-refractivity contribution >= 4 is 11.9 Å². The summed E-state index contributed by atoms with van der Waals surface area (Å²) in [6, 6.07) is 6.68. The fourth-order valence-electron chi connectivity index (χ4n) is 2.69. The van der Waals surface area contributed by atoms with Gasteiger partial charge in [-0.3, -0.25) is 4.79 Å². The highest BCUT2D eigenvalue weighted by Gasteiger charge is 2.27. The van der Waals surface area contributed by atoms with Crippen LogP contribution in [0.25, 0.3) is 0 Å². The van der Waals surface area contributed by atoms with Crippen molar-refractivity contribution in [1.82, 2.24) is 5.32 Å². The van der Waals surface area contributed by atoms with Crippen LogP contribution < -0.4 is 15.8 Å². The average molecular weight is 453 g/mol. The van der Waals surface area contributed by atoms with Gasteiger partial charge < -0.3 is 30.0 Å². The minimum atomic E-state index is -0.802. The van der Waals surface area contributed by atoms with Gasteiger partial charge in [-0.15, -0.1) is 0 Å². The Morgan fingerprint density at radius 3 is 2.03 bits per heavy atom. The van der Waals surface area contributed by atoms with Crippen molar-refractivity contribution < 1.29 is 28.5 Å². The summed E-state index contributed by atoms with van der Waals surface area (Å²) >= 11 is 0. The minimum absolute atomic E-state index is 0.133. The number of rotatable bonds is 13. The Labute approximate surface area is 192 Å². The number of hydrogen-bond acceptors (Lipinski definition) is 7. The zero-order valence-electron chi connectivity index (χ0n) is 20.4. The highest BCUT2D eigenvalue weighted by atomic mass is 16.6. The Hall–Kier alpha value is -2.16. The van der Waals surface area contributed by atoms with Crippen LogP contribution >= 0.6 is 0 Å². The lowest BCUT2D eigenvalue weighted by Crippen LogP contribution is -2.45. The van der Waals surface area contributed by atoms with E-state index in [4.69, 9.17) is 24.7 Å². The molecule has 1 atom stereocenters. The van der Waals surface area contributed by atoms with E-state index in [9.17, 15) is 9.59 Å². The number of nitrogens with one attached hydrogen (secondary N) is 1. The van der Waals surface area contributed by atoms with Crippen LogP contribution in [0.1, 0.15) is 53.5 Å². The topological polar surface area (TPSA) is 109 Å². The number of carbonyl (C=O) groups is 2. The third-order valence-corrected chi connectivity index (χ3v) is 3.92. The lowest BCUT2D eigenvalue weighted by atomic mass is 10.0. The molecule has 1 aromatic rings. The quantitative estimate of drug-likeness (QED) is 0.350. The van der Waals surface area contributed by atoms with Gasteiger partial charge in [0.2, 0.25) is 5.91 Å². The summed E-state index contributed by atoms with van der Waals surface area (Å²) in [7, 11) is 0. The first-order valence-electron chi connectivity index (χ1n) is 11.1. The highest BCUT2D eigenvalue weighted by Crippen LogP contribution is 2.19. The molecule has 1 rings (SSSR count). The Morgan fingerprint density at radius 2 is 1.50 bits per heavy atom. The van der Waals surface area contributed by atoms with Crippen LogP contribution in [-0.4, -0.2) is 62.1 Å². The van der Waals surface area contributed by atoms with Crippen LogP contribution in [0.2, 0.25) is 0 Å². The van der Waals surface area contributed by atoms with E-state index in [1.54, 1.807) is 20.8 Å². The van der Waals surface area contributed by atoms with E-state index in [0.29, 0.717) is 32.8 Å². The maximum atomic E-state index is 12.7. The van der Waals surface area contributed by atoms with Gasteiger partial charge in [-0.1, -0.05) is 12.1 Å². The van der Waals surface area contributed by atoms with Gasteiger partial charge >= 0.3 is 5.97 Å². The van der Waals surface area contributed by atoms with Crippen LogP contribution in [0, 0.1) is 0 Å². The molecular weight excluding hydrogens is 412 g/mol. The Morgan fingerprint density at radius 1 is 0.906 bits per heavy atom. The molecule has 0 aliphatic carbocycles. The second kappa shape index (κ2) is 13.4. The largest absolute Gasteiger partial charge is 0.488 e. The second-order valence-corrected chi connectivity index (χ2v) is 9.48. The van der Waals surface area contributed by atoms with Crippen LogP contribution in [0.5, 0.6) is 5.75 Å². The molecule has 0 aromatic heterocycles. The maximum Gasteiger partial charge on any atom is 0.329 e. The predicted molar refractivity (Wildman–Crippen MR) is 124 cm³/mol. The van der Waals surface area contributed by atoms with Gasteiger partial charge in [-0.05, 0) is 59.2 Å². The number of esters is 1. The van der Waals surface area contributed by atoms with Gasteiger partial charge in [0.15, 0.2) is 0 Å². The molecule has 32 heavy (non-hydrogen) atoms. The molecule has 0 radical (unpaired) electrons. The molecule has 1 unspecified atom stereocenters. The molecule has 3 N–H and O–H groups in total. The number of benzene rings is 1. The van der Waals surface area contributed by atoms with Crippen molar-refractivity contribution in [2.24, 2.45) is 5.73 Å². The first kappa shape index (κ1) is 27.9. The molecule has 0 heterocycles. The molecule has 182 valence electrons. The van der Waals surface area contributed by atoms with Gasteiger partial charge in [-0.2, -0.15) is 0 Å². The summed E-state index contributed by atoms with van der Waals surface area (Å²) in [5.41, 5.74) is 5.27. The predicted octanol–water partition coefficient (Wildman–Crippen LogP) is 2.61. The zero-order valence-corrected chi connectivity index (χ0v) is 20.4. The Kier molecular flexibility index (Phi) is 11.7. The number of carbonyl (C=O) groups excluding carboxylic acids is 2. The molecule has 0 saturated carbocycles. The van der Waals surface area contributed by atoms with E-state index in [2.05, 4.69) is 5.32 Å². The molecule has 1 aromatic carbocycles. The average Bonchev–Trinajstić information content (AvgIpc) is 2.65. The zero-order chi connectivity index (χ0) is 24.2. The van der Waals surface area contributed by atoms with Crippen LogP contribution in [0.3, 0.4) is 0 Å². The van der Waals surface area contributed by atoms with Crippen molar-refractivity contribution in [3.8, 4) is 5.75 Å². The first-order valence-corrected chi connectivity index (χ1v) is 11.1. The van der Waals surface area contributed by atoms with Gasteiger partial charge in [0.1, 0.15) is 23.0 Å². The Balaban J connectivity index is 2.67. The van der Waals surface area contributed by atoms with Crippen molar-refractivity contribution in [2.45, 2.75) is 71.6 Å². The summed E-state index contributed by atoms with van der Waals surface area (Å²) in [4.78, 5) is 25.1. The third kappa shape index (κ3) is 13.3. The van der Waals surface area contributed by atoms with Gasteiger partial charge in [-0.25, -0.2) is 4.79 Å². The normalized spacial score (nSPS) is 12.8.